The molecule has 0 saturated carbocycles. The fourth-order valence-electron chi connectivity index (χ4n) is 2.87. The summed E-state index contributed by atoms with van der Waals surface area (Å²) in [5.41, 5.74) is 5.90. The van der Waals surface area contributed by atoms with E-state index < -0.39 is 0 Å². The molecule has 0 aromatic carbocycles. The quantitative estimate of drug-likeness (QED) is 0.506. The van der Waals surface area contributed by atoms with Gasteiger partial charge in [-0.1, -0.05) is 0 Å². The molecule has 0 amide bonds. The van der Waals surface area contributed by atoms with E-state index in [-0.39, 0.29) is 0 Å². The maximum absolute atomic E-state index is 5.43. The average molecular weight is 366 g/mol. The molecule has 1 aromatic heterocycles. The zero-order valence-corrected chi connectivity index (χ0v) is 15.4. The number of piperidine rings is 1. The smallest absolute Gasteiger partial charge is 0.248 e. The van der Waals surface area contributed by atoms with E-state index in [9.17, 15) is 0 Å². The van der Waals surface area contributed by atoms with E-state index in [1.807, 2.05) is 6.92 Å². The van der Waals surface area contributed by atoms with Crippen LogP contribution in [-0.4, -0.2) is 66.0 Å². The zero-order chi connectivity index (χ0) is 17.5. The van der Waals surface area contributed by atoms with E-state index in [0.717, 1.165) is 38.7 Å². The third-order valence-corrected chi connectivity index (χ3v) is 4.42. The van der Waals surface area contributed by atoms with E-state index in [0.29, 0.717) is 30.2 Å². The van der Waals surface area contributed by atoms with Crippen LogP contribution in [-0.2, 0) is 4.74 Å². The highest BCUT2D eigenvalue weighted by molar-refractivity contribution is 7.80. The molecule has 0 radical (unpaired) electrons. The van der Waals surface area contributed by atoms with E-state index in [1.165, 1.54) is 19.3 Å². The van der Waals surface area contributed by atoms with Crippen molar-refractivity contribution >= 4 is 35.2 Å². The molecule has 2 fully saturated rings. The molecule has 9 nitrogen and oxygen atoms in total. The van der Waals surface area contributed by atoms with Crippen molar-refractivity contribution in [2.24, 2.45) is 0 Å². The second-order valence-electron chi connectivity index (χ2n) is 6.02. The molecule has 3 heterocycles. The minimum atomic E-state index is 0.470. The second kappa shape index (κ2) is 8.95. The molecule has 2 saturated heterocycles. The third kappa shape index (κ3) is 5.02. The first-order valence-electron chi connectivity index (χ1n) is 8.90. The van der Waals surface area contributed by atoms with Crippen LogP contribution < -0.4 is 26.0 Å². The van der Waals surface area contributed by atoms with Crippen molar-refractivity contribution < 1.29 is 4.74 Å². The van der Waals surface area contributed by atoms with Crippen molar-refractivity contribution in [1.82, 2.24) is 25.7 Å². The van der Waals surface area contributed by atoms with Crippen LogP contribution in [0.3, 0.4) is 0 Å². The van der Waals surface area contributed by atoms with Gasteiger partial charge in [-0.2, -0.15) is 15.0 Å². The molecule has 2 aliphatic heterocycles. The van der Waals surface area contributed by atoms with E-state index in [1.54, 1.807) is 0 Å². The maximum atomic E-state index is 5.43. The van der Waals surface area contributed by atoms with Gasteiger partial charge in [0.25, 0.3) is 0 Å². The summed E-state index contributed by atoms with van der Waals surface area (Å²) < 4.78 is 5.43. The molecular weight excluding hydrogens is 340 g/mol. The number of nitrogens with zero attached hydrogens (tertiary/aromatic N) is 5. The van der Waals surface area contributed by atoms with Crippen LogP contribution in [0.1, 0.15) is 26.2 Å². The summed E-state index contributed by atoms with van der Waals surface area (Å²) in [6, 6.07) is 0. The van der Waals surface area contributed by atoms with Gasteiger partial charge in [-0.15, -0.1) is 0 Å². The first-order valence-corrected chi connectivity index (χ1v) is 9.30. The number of morpholine rings is 1. The fraction of sp³-hybridized carbons (Fsp3) is 0.733. The highest BCUT2D eigenvalue weighted by atomic mass is 32.1. The first-order chi connectivity index (χ1) is 12.3. The summed E-state index contributed by atoms with van der Waals surface area (Å²) in [5, 5.41) is 3.53. The van der Waals surface area contributed by atoms with Gasteiger partial charge in [-0.3, -0.25) is 10.9 Å². The van der Waals surface area contributed by atoms with Crippen molar-refractivity contribution in [1.29, 1.82) is 0 Å². The molecule has 0 atom stereocenters. The Morgan fingerprint density at radius 2 is 1.64 bits per heavy atom. The number of thiocarbonyl (C=S) groups is 1. The number of nitrogens with one attached hydrogen (secondary N) is 3. The van der Waals surface area contributed by atoms with Gasteiger partial charge in [-0.25, -0.2) is 0 Å². The first kappa shape index (κ1) is 17.9. The Morgan fingerprint density at radius 3 is 2.28 bits per heavy atom. The Morgan fingerprint density at radius 1 is 1.00 bits per heavy atom. The van der Waals surface area contributed by atoms with Crippen LogP contribution >= 0.6 is 12.2 Å². The average Bonchev–Trinajstić information content (AvgIpc) is 2.68. The van der Waals surface area contributed by atoms with Crippen LogP contribution in [0.2, 0.25) is 0 Å². The lowest BCUT2D eigenvalue weighted by Crippen LogP contribution is -2.41. The molecule has 0 aliphatic carbocycles. The molecule has 0 unspecified atom stereocenters. The second-order valence-corrected chi connectivity index (χ2v) is 6.42. The predicted molar refractivity (Wildman–Crippen MR) is 102 cm³/mol. The van der Waals surface area contributed by atoms with Crippen molar-refractivity contribution in [3.8, 4) is 0 Å². The Balaban J connectivity index is 1.78. The monoisotopic (exact) mass is 366 g/mol. The van der Waals surface area contributed by atoms with Gasteiger partial charge < -0.3 is 19.9 Å². The normalized spacial score (nSPS) is 18.0. The van der Waals surface area contributed by atoms with Crippen LogP contribution in [0.5, 0.6) is 0 Å². The molecule has 0 spiro atoms. The predicted octanol–water partition coefficient (Wildman–Crippen LogP) is 0.509. The standard InChI is InChI=1S/C15H26N8OS/c1-2-16-15(25)21-20-12-17-13(22-6-4-3-5-7-22)19-14(18-12)23-8-10-24-11-9-23/h2-11H2,1H3,(H2,16,21,25)(H,17,18,19,20). The van der Waals surface area contributed by atoms with E-state index >= 15 is 0 Å². The van der Waals surface area contributed by atoms with Gasteiger partial charge in [0, 0.05) is 32.7 Å². The SMILES string of the molecule is CCNC(=S)NNc1nc(N2CCCCC2)nc(N2CCOCC2)n1. The summed E-state index contributed by atoms with van der Waals surface area (Å²) >= 11 is 5.18. The number of aromatic nitrogens is 3. The lowest BCUT2D eigenvalue weighted by atomic mass is 10.1. The van der Waals surface area contributed by atoms with Crippen LogP contribution in [0.15, 0.2) is 0 Å². The Labute approximate surface area is 153 Å². The summed E-state index contributed by atoms with van der Waals surface area (Å²) in [7, 11) is 0. The van der Waals surface area contributed by atoms with Gasteiger partial charge in [0.1, 0.15) is 0 Å². The number of ether oxygens (including phenoxy) is 1. The van der Waals surface area contributed by atoms with E-state index in [4.69, 9.17) is 21.9 Å². The van der Waals surface area contributed by atoms with Gasteiger partial charge >= 0.3 is 0 Å². The van der Waals surface area contributed by atoms with Crippen molar-refractivity contribution in [3.63, 3.8) is 0 Å². The summed E-state index contributed by atoms with van der Waals surface area (Å²) in [4.78, 5) is 18.2. The highest BCUT2D eigenvalue weighted by Gasteiger charge is 2.20. The number of anilines is 3. The van der Waals surface area contributed by atoms with Crippen molar-refractivity contribution in [2.45, 2.75) is 26.2 Å². The summed E-state index contributed by atoms with van der Waals surface area (Å²) in [6.45, 7) is 7.65. The zero-order valence-electron chi connectivity index (χ0n) is 14.6. The summed E-state index contributed by atoms with van der Waals surface area (Å²) in [6.07, 6.45) is 3.61. The van der Waals surface area contributed by atoms with Gasteiger partial charge in [0.2, 0.25) is 17.8 Å². The Bertz CT molecular complexity index is 538. The largest absolute Gasteiger partial charge is 0.378 e. The minimum absolute atomic E-state index is 0.470. The van der Waals surface area contributed by atoms with Crippen molar-refractivity contribution in [2.75, 3.05) is 61.2 Å². The minimum Gasteiger partial charge on any atom is -0.378 e. The molecule has 0 bridgehead atoms. The number of hydrazine groups is 1. The summed E-state index contributed by atoms with van der Waals surface area (Å²) in [5.74, 6) is 1.87. The molecule has 3 N–H and O–H groups in total. The number of rotatable bonds is 5. The fourth-order valence-corrected chi connectivity index (χ4v) is 3.06. The number of hydrogen-bond acceptors (Lipinski definition) is 8. The molecule has 1 aromatic rings. The van der Waals surface area contributed by atoms with Gasteiger partial charge in [0.15, 0.2) is 5.11 Å². The number of hydrogen-bond donors (Lipinski definition) is 3. The van der Waals surface area contributed by atoms with Crippen LogP contribution in [0.4, 0.5) is 17.8 Å². The molecule has 25 heavy (non-hydrogen) atoms. The molecule has 3 rings (SSSR count). The Hall–Kier alpha value is -1.94. The maximum Gasteiger partial charge on any atom is 0.248 e. The topological polar surface area (TPSA) is 90.5 Å². The lowest BCUT2D eigenvalue weighted by molar-refractivity contribution is 0.122. The molecular formula is C15H26N8OS. The van der Waals surface area contributed by atoms with Crippen molar-refractivity contribution in [3.05, 3.63) is 0 Å². The molecule has 2 aliphatic rings. The van der Waals surface area contributed by atoms with Gasteiger partial charge in [0.05, 0.1) is 13.2 Å². The molecule has 138 valence electrons. The van der Waals surface area contributed by atoms with Gasteiger partial charge in [-0.05, 0) is 38.4 Å². The van der Waals surface area contributed by atoms with Crippen LogP contribution in [0.25, 0.3) is 0 Å². The molecule has 10 heteroatoms. The third-order valence-electron chi connectivity index (χ3n) is 4.17. The highest BCUT2D eigenvalue weighted by Crippen LogP contribution is 2.20. The lowest BCUT2D eigenvalue weighted by Gasteiger charge is -2.30. The Kier molecular flexibility index (Phi) is 6.40. The van der Waals surface area contributed by atoms with E-state index in [2.05, 4.69) is 35.9 Å². The van der Waals surface area contributed by atoms with Crippen LogP contribution in [0, 0.1) is 0 Å².